The predicted octanol–water partition coefficient (Wildman–Crippen LogP) is 6.76. The van der Waals surface area contributed by atoms with Crippen molar-refractivity contribution in [2.75, 3.05) is 0 Å². The van der Waals surface area contributed by atoms with Crippen molar-refractivity contribution in [1.82, 2.24) is 0 Å². The van der Waals surface area contributed by atoms with Crippen LogP contribution in [-0.2, 0) is 0 Å². The fourth-order valence-corrected chi connectivity index (χ4v) is 3.09. The fourth-order valence-electron chi connectivity index (χ4n) is 3.09. The molecule has 0 aromatic heterocycles. The van der Waals surface area contributed by atoms with Crippen LogP contribution in [0.3, 0.4) is 0 Å². The minimum absolute atomic E-state index is 0.713. The summed E-state index contributed by atoms with van der Waals surface area (Å²) >= 11 is 0. The first-order valence-corrected chi connectivity index (χ1v) is 8.76. The summed E-state index contributed by atoms with van der Waals surface area (Å²) in [5.74, 6) is 1.51. The molecule has 2 atom stereocenters. The van der Waals surface area contributed by atoms with E-state index in [1.165, 1.54) is 63.4 Å². The Labute approximate surface area is 127 Å². The fraction of sp³-hybridized carbons (Fsp3) is 0.700. The maximum atomic E-state index is 3.48. The normalized spacial score (nSPS) is 14.2. The van der Waals surface area contributed by atoms with E-state index in [0.717, 1.165) is 5.92 Å². The van der Waals surface area contributed by atoms with Gasteiger partial charge >= 0.3 is 0 Å². The minimum atomic E-state index is 0.713. The molecule has 0 bridgehead atoms. The summed E-state index contributed by atoms with van der Waals surface area (Å²) in [7, 11) is 0. The second-order valence-corrected chi connectivity index (χ2v) is 6.25. The summed E-state index contributed by atoms with van der Waals surface area (Å²) in [4.78, 5) is 0. The van der Waals surface area contributed by atoms with Crippen molar-refractivity contribution in [3.8, 4) is 0 Å². The van der Waals surface area contributed by atoms with E-state index in [2.05, 4.69) is 51.1 Å². The summed E-state index contributed by atoms with van der Waals surface area (Å²) in [5, 5.41) is 0. The van der Waals surface area contributed by atoms with Gasteiger partial charge in [-0.25, -0.2) is 0 Å². The molecule has 0 nitrogen and oxygen atoms in total. The summed E-state index contributed by atoms with van der Waals surface area (Å²) in [6.07, 6.45) is 12.3. The van der Waals surface area contributed by atoms with E-state index in [9.17, 15) is 0 Å². The number of hydrogen-bond acceptors (Lipinski definition) is 0. The Bertz CT molecular complexity index is 314. The molecule has 0 aliphatic heterocycles. The van der Waals surface area contributed by atoms with Crippen LogP contribution in [0.4, 0.5) is 0 Å². The standard InChI is InChI=1S/C20H33/c1-4-6-8-13-17-20(18(3)14-10-7-5-2)19-15-11-9-12-16-19/h9,11-12,15,18,20H,4-8,10,13-14,17H2,1-3H3. The number of benzene rings is 1. The molecule has 1 aromatic rings. The zero-order valence-corrected chi connectivity index (χ0v) is 13.8. The third-order valence-corrected chi connectivity index (χ3v) is 4.45. The van der Waals surface area contributed by atoms with Gasteiger partial charge in [-0.1, -0.05) is 96.4 Å². The lowest BCUT2D eigenvalue weighted by molar-refractivity contribution is 0.380. The van der Waals surface area contributed by atoms with Crippen molar-refractivity contribution >= 4 is 0 Å². The monoisotopic (exact) mass is 273 g/mol. The Morgan fingerprint density at radius 1 is 0.900 bits per heavy atom. The molecule has 0 aliphatic rings. The van der Waals surface area contributed by atoms with Crippen molar-refractivity contribution in [1.29, 1.82) is 0 Å². The first-order valence-electron chi connectivity index (χ1n) is 8.76. The molecule has 0 heterocycles. The molecule has 0 heteroatoms. The number of unbranched alkanes of at least 4 members (excludes halogenated alkanes) is 5. The van der Waals surface area contributed by atoms with Crippen LogP contribution in [-0.4, -0.2) is 0 Å². The maximum Gasteiger partial charge on any atom is -0.0130 e. The van der Waals surface area contributed by atoms with Gasteiger partial charge in [-0.2, -0.15) is 0 Å². The van der Waals surface area contributed by atoms with E-state index in [0.29, 0.717) is 5.92 Å². The van der Waals surface area contributed by atoms with Crippen LogP contribution in [0.2, 0.25) is 0 Å². The highest BCUT2D eigenvalue weighted by Crippen LogP contribution is 2.33. The number of hydrogen-bond donors (Lipinski definition) is 0. The summed E-state index contributed by atoms with van der Waals surface area (Å²) in [6, 6.07) is 12.1. The van der Waals surface area contributed by atoms with Crippen LogP contribution in [0.5, 0.6) is 0 Å². The average molecular weight is 273 g/mol. The molecular weight excluding hydrogens is 240 g/mol. The summed E-state index contributed by atoms with van der Waals surface area (Å²) in [6.45, 7) is 7.02. The van der Waals surface area contributed by atoms with Crippen molar-refractivity contribution in [3.05, 3.63) is 35.9 Å². The SMILES string of the molecule is CCCCCCC(c1[c]cccc1)C(C)CCCCC. The molecule has 113 valence electrons. The Kier molecular flexibility index (Phi) is 9.45. The van der Waals surface area contributed by atoms with Gasteiger partial charge in [-0.05, 0) is 29.9 Å². The molecule has 0 spiro atoms. The lowest BCUT2D eigenvalue weighted by atomic mass is 9.80. The zero-order valence-electron chi connectivity index (χ0n) is 13.8. The van der Waals surface area contributed by atoms with Gasteiger partial charge in [0, 0.05) is 0 Å². The molecule has 20 heavy (non-hydrogen) atoms. The lowest BCUT2D eigenvalue weighted by Gasteiger charge is -2.24. The van der Waals surface area contributed by atoms with Gasteiger partial charge in [0.05, 0.1) is 0 Å². The van der Waals surface area contributed by atoms with E-state index >= 15 is 0 Å². The molecule has 1 aromatic carbocycles. The highest BCUT2D eigenvalue weighted by Gasteiger charge is 2.18. The van der Waals surface area contributed by atoms with Crippen LogP contribution in [0.1, 0.15) is 90.0 Å². The van der Waals surface area contributed by atoms with Gasteiger partial charge < -0.3 is 0 Å². The largest absolute Gasteiger partial charge is 0.0654 e. The van der Waals surface area contributed by atoms with Crippen LogP contribution >= 0.6 is 0 Å². The van der Waals surface area contributed by atoms with Gasteiger partial charge in [-0.3, -0.25) is 0 Å². The van der Waals surface area contributed by atoms with Crippen molar-refractivity contribution in [2.24, 2.45) is 5.92 Å². The van der Waals surface area contributed by atoms with E-state index in [1.807, 2.05) is 0 Å². The molecule has 0 amide bonds. The van der Waals surface area contributed by atoms with E-state index < -0.39 is 0 Å². The average Bonchev–Trinajstić information content (AvgIpc) is 2.48. The van der Waals surface area contributed by atoms with Crippen LogP contribution < -0.4 is 0 Å². The topological polar surface area (TPSA) is 0 Å². The van der Waals surface area contributed by atoms with E-state index in [4.69, 9.17) is 0 Å². The van der Waals surface area contributed by atoms with Crippen LogP contribution in [0.15, 0.2) is 24.3 Å². The first kappa shape index (κ1) is 17.3. The Balaban J connectivity index is 2.54. The Morgan fingerprint density at radius 3 is 2.25 bits per heavy atom. The quantitative estimate of drug-likeness (QED) is 0.391. The van der Waals surface area contributed by atoms with E-state index in [-0.39, 0.29) is 0 Å². The Morgan fingerprint density at radius 2 is 1.60 bits per heavy atom. The molecule has 0 fully saturated rings. The van der Waals surface area contributed by atoms with Gasteiger partial charge in [-0.15, -0.1) is 0 Å². The molecule has 0 N–H and O–H groups in total. The van der Waals surface area contributed by atoms with Gasteiger partial charge in [0.2, 0.25) is 0 Å². The second-order valence-electron chi connectivity index (χ2n) is 6.25. The molecule has 1 radical (unpaired) electrons. The summed E-state index contributed by atoms with van der Waals surface area (Å²) < 4.78 is 0. The van der Waals surface area contributed by atoms with Gasteiger partial charge in [0.1, 0.15) is 0 Å². The highest BCUT2D eigenvalue weighted by atomic mass is 14.2. The highest BCUT2D eigenvalue weighted by molar-refractivity contribution is 5.18. The van der Waals surface area contributed by atoms with Crippen molar-refractivity contribution in [2.45, 2.75) is 84.5 Å². The molecular formula is C20H33. The predicted molar refractivity (Wildman–Crippen MR) is 90.1 cm³/mol. The first-order chi connectivity index (χ1) is 9.79. The van der Waals surface area contributed by atoms with Crippen molar-refractivity contribution < 1.29 is 0 Å². The molecule has 1 rings (SSSR count). The zero-order chi connectivity index (χ0) is 14.6. The van der Waals surface area contributed by atoms with Crippen molar-refractivity contribution in [3.63, 3.8) is 0 Å². The van der Waals surface area contributed by atoms with E-state index in [1.54, 1.807) is 0 Å². The third-order valence-electron chi connectivity index (χ3n) is 4.45. The third kappa shape index (κ3) is 6.59. The lowest BCUT2D eigenvalue weighted by Crippen LogP contribution is -2.10. The molecule has 0 saturated heterocycles. The Hall–Kier alpha value is -0.780. The smallest absolute Gasteiger partial charge is 0.0130 e. The molecule has 0 saturated carbocycles. The maximum absolute atomic E-state index is 3.48. The molecule has 2 unspecified atom stereocenters. The van der Waals surface area contributed by atoms with Crippen LogP contribution in [0.25, 0.3) is 0 Å². The molecule has 0 aliphatic carbocycles. The van der Waals surface area contributed by atoms with Crippen LogP contribution in [0, 0.1) is 12.0 Å². The van der Waals surface area contributed by atoms with Gasteiger partial charge in [0.25, 0.3) is 0 Å². The summed E-state index contributed by atoms with van der Waals surface area (Å²) in [5.41, 5.74) is 1.44. The second kappa shape index (κ2) is 10.9. The number of rotatable bonds is 11. The minimum Gasteiger partial charge on any atom is -0.0654 e. The van der Waals surface area contributed by atoms with Gasteiger partial charge in [0.15, 0.2) is 0 Å².